The number of fused-ring (bicyclic) bond motifs is 3. The van der Waals surface area contributed by atoms with Crippen LogP contribution in [-0.2, 0) is 4.79 Å². The zero-order valence-corrected chi connectivity index (χ0v) is 14.8. The quantitative estimate of drug-likeness (QED) is 0.841. The third-order valence-electron chi connectivity index (χ3n) is 4.62. The second kappa shape index (κ2) is 6.19. The van der Waals surface area contributed by atoms with E-state index in [4.69, 9.17) is 0 Å². The fourth-order valence-corrected chi connectivity index (χ4v) is 5.08. The molecule has 1 N–H and O–H groups in total. The first kappa shape index (κ1) is 16.4. The number of unbranched alkanes of at least 4 members (excludes halogenated alkanes) is 2. The van der Waals surface area contributed by atoms with Gasteiger partial charge in [-0.3, -0.25) is 9.59 Å². The second-order valence-electron chi connectivity index (χ2n) is 6.77. The average molecular weight is 332 g/mol. The van der Waals surface area contributed by atoms with Gasteiger partial charge in [-0.15, -0.1) is 11.8 Å². The van der Waals surface area contributed by atoms with E-state index in [9.17, 15) is 9.59 Å². The van der Waals surface area contributed by atoms with Crippen molar-refractivity contribution in [3.05, 3.63) is 35.4 Å². The molecule has 124 valence electrons. The van der Waals surface area contributed by atoms with Crippen molar-refractivity contribution < 1.29 is 9.59 Å². The molecule has 2 atom stereocenters. The highest BCUT2D eigenvalue weighted by atomic mass is 32.2. The van der Waals surface area contributed by atoms with Crippen molar-refractivity contribution in [2.45, 2.75) is 56.2 Å². The van der Waals surface area contributed by atoms with Gasteiger partial charge in [0.2, 0.25) is 5.91 Å². The number of hydrogen-bond donors (Lipinski definition) is 1. The number of hydrogen-bond acceptors (Lipinski definition) is 3. The summed E-state index contributed by atoms with van der Waals surface area (Å²) in [5.41, 5.74) is 1.78. The Bertz CT molecular complexity index is 629. The van der Waals surface area contributed by atoms with E-state index in [1.54, 1.807) is 16.7 Å². The molecule has 2 heterocycles. The zero-order chi connectivity index (χ0) is 16.6. The van der Waals surface area contributed by atoms with E-state index in [1.807, 2.05) is 24.3 Å². The normalized spacial score (nSPS) is 24.5. The molecule has 3 rings (SSSR count). The highest BCUT2D eigenvalue weighted by Crippen LogP contribution is 2.56. The fraction of sp³-hybridized carbons (Fsp3) is 0.556. The van der Waals surface area contributed by atoms with E-state index in [0.717, 1.165) is 30.4 Å². The number of rotatable bonds is 5. The van der Waals surface area contributed by atoms with E-state index in [-0.39, 0.29) is 21.9 Å². The summed E-state index contributed by atoms with van der Waals surface area (Å²) in [4.78, 5) is 27.3. The summed E-state index contributed by atoms with van der Waals surface area (Å²) >= 11 is 1.71. The molecule has 0 bridgehead atoms. The summed E-state index contributed by atoms with van der Waals surface area (Å²) in [5.74, 6) is -0.0420. The van der Waals surface area contributed by atoms with Gasteiger partial charge in [0, 0.05) is 16.9 Å². The number of carbonyl (C=O) groups excluding carboxylic acids is 2. The van der Waals surface area contributed by atoms with Crippen LogP contribution >= 0.6 is 11.8 Å². The molecular formula is C18H24N2O2S. The molecule has 1 saturated heterocycles. The predicted octanol–water partition coefficient (Wildman–Crippen LogP) is 3.34. The number of carbonyl (C=O) groups is 2. The SMILES string of the molecule is CCCCCNC(=O)C1N2C(=O)c3ccccc3C2SC1(C)C. The lowest BCUT2D eigenvalue weighted by Gasteiger charge is -2.29. The van der Waals surface area contributed by atoms with Gasteiger partial charge < -0.3 is 10.2 Å². The molecule has 0 aromatic heterocycles. The van der Waals surface area contributed by atoms with Gasteiger partial charge in [-0.05, 0) is 31.9 Å². The van der Waals surface area contributed by atoms with Crippen LogP contribution < -0.4 is 5.32 Å². The Kier molecular flexibility index (Phi) is 4.41. The third kappa shape index (κ3) is 2.75. The standard InChI is InChI=1S/C18H24N2O2S/c1-4-5-8-11-19-15(21)14-18(2,3)23-17-13-10-7-6-9-12(13)16(22)20(14)17/h6-7,9-10,14,17H,4-5,8,11H2,1-3H3,(H,19,21). The summed E-state index contributed by atoms with van der Waals surface area (Å²) < 4.78 is -0.289. The van der Waals surface area contributed by atoms with Crippen molar-refractivity contribution in [1.29, 1.82) is 0 Å². The van der Waals surface area contributed by atoms with Crippen molar-refractivity contribution in [3.63, 3.8) is 0 Å². The molecule has 2 aliphatic rings. The molecule has 2 aliphatic heterocycles. The predicted molar refractivity (Wildman–Crippen MR) is 93.3 cm³/mol. The highest BCUT2D eigenvalue weighted by molar-refractivity contribution is 8.01. The van der Waals surface area contributed by atoms with E-state index in [0.29, 0.717) is 6.54 Å². The molecule has 4 nitrogen and oxygen atoms in total. The van der Waals surface area contributed by atoms with Gasteiger partial charge in [0.15, 0.2) is 0 Å². The maximum Gasteiger partial charge on any atom is 0.256 e. The largest absolute Gasteiger partial charge is 0.354 e. The molecule has 0 saturated carbocycles. The van der Waals surface area contributed by atoms with Crippen LogP contribution in [0.25, 0.3) is 0 Å². The minimum Gasteiger partial charge on any atom is -0.354 e. The van der Waals surface area contributed by atoms with Gasteiger partial charge in [-0.25, -0.2) is 0 Å². The number of thioether (sulfide) groups is 1. The molecule has 1 fully saturated rings. The van der Waals surface area contributed by atoms with E-state index in [2.05, 4.69) is 26.1 Å². The molecule has 0 aliphatic carbocycles. The monoisotopic (exact) mass is 332 g/mol. The average Bonchev–Trinajstić information content (AvgIpc) is 2.95. The topological polar surface area (TPSA) is 49.4 Å². The number of benzene rings is 1. The van der Waals surface area contributed by atoms with Crippen LogP contribution in [0.5, 0.6) is 0 Å². The van der Waals surface area contributed by atoms with E-state index < -0.39 is 6.04 Å². The van der Waals surface area contributed by atoms with Crippen molar-refractivity contribution in [1.82, 2.24) is 10.2 Å². The summed E-state index contributed by atoms with van der Waals surface area (Å²) in [7, 11) is 0. The summed E-state index contributed by atoms with van der Waals surface area (Å²) in [5, 5.41) is 2.99. The molecule has 23 heavy (non-hydrogen) atoms. The van der Waals surface area contributed by atoms with Gasteiger partial charge in [0.25, 0.3) is 5.91 Å². The van der Waals surface area contributed by atoms with Crippen LogP contribution in [0.15, 0.2) is 24.3 Å². The minimum absolute atomic E-state index is 0.0163. The van der Waals surface area contributed by atoms with Crippen molar-refractivity contribution >= 4 is 23.6 Å². The molecule has 5 heteroatoms. The summed E-state index contributed by atoms with van der Waals surface area (Å²) in [6.07, 6.45) is 3.22. The lowest BCUT2D eigenvalue weighted by Crippen LogP contribution is -2.52. The fourth-order valence-electron chi connectivity index (χ4n) is 3.49. The van der Waals surface area contributed by atoms with Crippen LogP contribution in [0.3, 0.4) is 0 Å². The van der Waals surface area contributed by atoms with Crippen LogP contribution in [0.1, 0.15) is 61.3 Å². The molecule has 0 radical (unpaired) electrons. The van der Waals surface area contributed by atoms with Crippen LogP contribution in [0, 0.1) is 0 Å². The molecule has 2 unspecified atom stereocenters. The van der Waals surface area contributed by atoms with E-state index in [1.165, 1.54) is 0 Å². The molecular weight excluding hydrogens is 308 g/mol. The number of nitrogens with one attached hydrogen (secondary N) is 1. The molecule has 0 spiro atoms. The van der Waals surface area contributed by atoms with Crippen molar-refractivity contribution in [2.24, 2.45) is 0 Å². The van der Waals surface area contributed by atoms with Crippen LogP contribution in [0.2, 0.25) is 0 Å². The molecule has 1 aromatic rings. The van der Waals surface area contributed by atoms with E-state index >= 15 is 0 Å². The maximum atomic E-state index is 12.8. The van der Waals surface area contributed by atoms with Crippen molar-refractivity contribution in [2.75, 3.05) is 6.54 Å². The third-order valence-corrected chi connectivity index (χ3v) is 6.16. The summed E-state index contributed by atoms with van der Waals surface area (Å²) in [6, 6.07) is 7.29. The first-order chi connectivity index (χ1) is 11.0. The number of nitrogens with zero attached hydrogens (tertiary/aromatic N) is 1. The Morgan fingerprint density at radius 2 is 2.04 bits per heavy atom. The van der Waals surface area contributed by atoms with Gasteiger partial charge >= 0.3 is 0 Å². The first-order valence-electron chi connectivity index (χ1n) is 8.34. The van der Waals surface area contributed by atoms with Crippen molar-refractivity contribution in [3.8, 4) is 0 Å². The Morgan fingerprint density at radius 1 is 1.30 bits per heavy atom. The van der Waals surface area contributed by atoms with Crippen LogP contribution in [-0.4, -0.2) is 34.0 Å². The second-order valence-corrected chi connectivity index (χ2v) is 8.51. The molecule has 2 amide bonds. The minimum atomic E-state index is -0.418. The van der Waals surface area contributed by atoms with Gasteiger partial charge in [-0.1, -0.05) is 38.0 Å². The van der Waals surface area contributed by atoms with Gasteiger partial charge in [-0.2, -0.15) is 0 Å². The van der Waals surface area contributed by atoms with Gasteiger partial charge in [0.05, 0.1) is 0 Å². The highest BCUT2D eigenvalue weighted by Gasteiger charge is 2.57. The Labute approximate surface area is 142 Å². The van der Waals surface area contributed by atoms with Gasteiger partial charge in [0.1, 0.15) is 11.4 Å². The lowest BCUT2D eigenvalue weighted by atomic mass is 10.0. The molecule has 1 aromatic carbocycles. The van der Waals surface area contributed by atoms with Crippen LogP contribution in [0.4, 0.5) is 0 Å². The first-order valence-corrected chi connectivity index (χ1v) is 9.22. The lowest BCUT2D eigenvalue weighted by molar-refractivity contribution is -0.126. The smallest absolute Gasteiger partial charge is 0.256 e. The summed E-state index contributed by atoms with van der Waals surface area (Å²) in [6.45, 7) is 6.94. The Balaban J connectivity index is 1.81. The Morgan fingerprint density at radius 3 is 2.78 bits per heavy atom. The Hall–Kier alpha value is -1.49. The maximum absolute atomic E-state index is 12.8. The zero-order valence-electron chi connectivity index (χ0n) is 14.0. The number of amides is 2.